The first-order chi connectivity index (χ1) is 15.0. The molecule has 0 aliphatic carbocycles. The van der Waals surface area contributed by atoms with Gasteiger partial charge in [0.05, 0.1) is 18.1 Å². The fourth-order valence-corrected chi connectivity index (χ4v) is 3.51. The third-order valence-corrected chi connectivity index (χ3v) is 5.48. The molecule has 2 heterocycles. The topological polar surface area (TPSA) is 75.8 Å². The van der Waals surface area contributed by atoms with Crippen molar-refractivity contribution in [2.24, 2.45) is 0 Å². The van der Waals surface area contributed by atoms with E-state index in [1.54, 1.807) is 13.2 Å². The molecule has 0 amide bonds. The highest BCUT2D eigenvalue weighted by atomic mass is 16.5. The van der Waals surface area contributed by atoms with E-state index in [1.807, 2.05) is 13.0 Å². The lowest BCUT2D eigenvalue weighted by atomic mass is 10.1. The van der Waals surface area contributed by atoms with Gasteiger partial charge >= 0.3 is 0 Å². The minimum atomic E-state index is -0.0642. The zero-order valence-electron chi connectivity index (χ0n) is 19.2. The summed E-state index contributed by atoms with van der Waals surface area (Å²) in [5, 5.41) is 23.6. The van der Waals surface area contributed by atoms with Crippen LogP contribution in [0.1, 0.15) is 63.4 Å². The largest absolute Gasteiger partial charge is 0.501 e. The summed E-state index contributed by atoms with van der Waals surface area (Å²) < 4.78 is 6.71. The quantitative estimate of drug-likeness (QED) is 0.495. The fourth-order valence-electron chi connectivity index (χ4n) is 3.51. The lowest BCUT2D eigenvalue weighted by molar-refractivity contribution is 0.297. The van der Waals surface area contributed by atoms with E-state index in [0.29, 0.717) is 22.4 Å². The second-order valence-electron chi connectivity index (χ2n) is 7.87. The summed E-state index contributed by atoms with van der Waals surface area (Å²) >= 11 is 0. The minimum absolute atomic E-state index is 0.0642. The highest BCUT2D eigenvalue weighted by Gasteiger charge is 2.14. The fraction of sp³-hybridized carbons (Fsp3) is 0.458. The molecule has 0 fully saturated rings. The van der Waals surface area contributed by atoms with Crippen LogP contribution in [-0.4, -0.2) is 45.1 Å². The van der Waals surface area contributed by atoms with Crippen LogP contribution in [0.15, 0.2) is 24.0 Å². The number of aromatic nitrogens is 4. The number of rotatable bonds is 10. The van der Waals surface area contributed by atoms with Gasteiger partial charge in [-0.25, -0.2) is 0 Å². The monoisotopic (exact) mass is 423 g/mol. The van der Waals surface area contributed by atoms with E-state index in [2.05, 4.69) is 59.2 Å². The molecule has 3 rings (SSSR count). The number of nitrogens with zero attached hydrogens (tertiary/aromatic N) is 5. The number of hydrogen-bond acceptors (Lipinski definition) is 6. The summed E-state index contributed by atoms with van der Waals surface area (Å²) in [6.07, 6.45) is 8.40. The second kappa shape index (κ2) is 10.3. The molecule has 7 nitrogen and oxygen atoms in total. The van der Waals surface area contributed by atoms with Crippen molar-refractivity contribution in [1.29, 1.82) is 0 Å². The van der Waals surface area contributed by atoms with E-state index < -0.39 is 0 Å². The molecular formula is C24H33N5O2. The molecule has 3 aromatic rings. The molecule has 0 spiro atoms. The van der Waals surface area contributed by atoms with Gasteiger partial charge in [-0.1, -0.05) is 32.8 Å². The minimum Gasteiger partial charge on any atom is -0.501 e. The molecule has 1 aromatic carbocycles. The molecule has 0 saturated heterocycles. The van der Waals surface area contributed by atoms with E-state index in [4.69, 9.17) is 4.74 Å². The van der Waals surface area contributed by atoms with Gasteiger partial charge in [-0.05, 0) is 56.0 Å². The maximum Gasteiger partial charge on any atom is 0.240 e. The molecule has 0 bridgehead atoms. The first-order valence-corrected chi connectivity index (χ1v) is 11.0. The van der Waals surface area contributed by atoms with E-state index in [1.165, 1.54) is 35.9 Å². The SMILES string of the molecule is CCCCN(CCCC)c1ccc(/C=c2/c(O)nn3c(/C=C(/C)OC)nnc23)c(C)c1. The van der Waals surface area contributed by atoms with Crippen LogP contribution in [0.25, 0.3) is 17.8 Å². The Morgan fingerprint density at radius 2 is 1.87 bits per heavy atom. The molecule has 2 aromatic heterocycles. The average Bonchev–Trinajstić information content (AvgIpc) is 3.28. The molecule has 0 aliphatic rings. The lowest BCUT2D eigenvalue weighted by Gasteiger charge is -2.25. The summed E-state index contributed by atoms with van der Waals surface area (Å²) in [7, 11) is 1.59. The maximum atomic E-state index is 10.4. The smallest absolute Gasteiger partial charge is 0.240 e. The van der Waals surface area contributed by atoms with E-state index >= 15 is 0 Å². The summed E-state index contributed by atoms with van der Waals surface area (Å²) in [5.74, 6) is 1.13. The molecule has 7 heteroatoms. The van der Waals surface area contributed by atoms with Crippen LogP contribution in [-0.2, 0) is 4.74 Å². The van der Waals surface area contributed by atoms with Crippen LogP contribution in [0.3, 0.4) is 0 Å². The number of allylic oxidation sites excluding steroid dienone is 1. The first-order valence-electron chi connectivity index (χ1n) is 11.0. The van der Waals surface area contributed by atoms with Crippen LogP contribution < -0.4 is 10.1 Å². The van der Waals surface area contributed by atoms with Gasteiger partial charge in [0, 0.05) is 24.9 Å². The molecule has 0 unspecified atom stereocenters. The Morgan fingerprint density at radius 3 is 2.48 bits per heavy atom. The number of fused-ring (bicyclic) bond motifs is 1. The Labute approximate surface area is 184 Å². The molecule has 0 atom stereocenters. The number of ether oxygens (including phenoxy) is 1. The number of aryl methyl sites for hydroxylation is 1. The first kappa shape index (κ1) is 22.6. The number of aromatic hydroxyl groups is 1. The van der Waals surface area contributed by atoms with Gasteiger partial charge in [0.25, 0.3) is 0 Å². The molecular weight excluding hydrogens is 390 g/mol. The predicted octanol–water partition coefficient (Wildman–Crippen LogP) is 4.10. The van der Waals surface area contributed by atoms with Crippen molar-refractivity contribution >= 4 is 23.5 Å². The van der Waals surface area contributed by atoms with Gasteiger partial charge in [-0.3, -0.25) is 0 Å². The highest BCUT2D eigenvalue weighted by Crippen LogP contribution is 2.21. The van der Waals surface area contributed by atoms with Gasteiger partial charge in [-0.15, -0.1) is 15.3 Å². The summed E-state index contributed by atoms with van der Waals surface area (Å²) in [6, 6.07) is 6.49. The van der Waals surface area contributed by atoms with Crippen molar-refractivity contribution in [3.05, 3.63) is 46.1 Å². The van der Waals surface area contributed by atoms with Crippen molar-refractivity contribution in [2.75, 3.05) is 25.1 Å². The van der Waals surface area contributed by atoms with Crippen LogP contribution >= 0.6 is 0 Å². The molecule has 0 aliphatic heterocycles. The summed E-state index contributed by atoms with van der Waals surface area (Å²) in [6.45, 7) is 10.5. The van der Waals surface area contributed by atoms with E-state index in [-0.39, 0.29) is 5.88 Å². The lowest BCUT2D eigenvalue weighted by Crippen LogP contribution is -2.25. The van der Waals surface area contributed by atoms with Gasteiger partial charge in [0.15, 0.2) is 11.5 Å². The summed E-state index contributed by atoms with van der Waals surface area (Å²) in [4.78, 5) is 2.47. The van der Waals surface area contributed by atoms with Crippen molar-refractivity contribution in [1.82, 2.24) is 19.8 Å². The predicted molar refractivity (Wildman–Crippen MR) is 125 cm³/mol. The normalized spacial score (nSPS) is 12.7. The molecule has 0 radical (unpaired) electrons. The molecule has 166 valence electrons. The molecule has 1 N–H and O–H groups in total. The van der Waals surface area contributed by atoms with Crippen LogP contribution in [0.4, 0.5) is 5.69 Å². The highest BCUT2D eigenvalue weighted by molar-refractivity contribution is 5.65. The zero-order valence-corrected chi connectivity index (χ0v) is 19.2. The number of hydrogen-bond donors (Lipinski definition) is 1. The third kappa shape index (κ3) is 5.16. The van der Waals surface area contributed by atoms with E-state index in [9.17, 15) is 5.11 Å². The molecule has 31 heavy (non-hydrogen) atoms. The van der Waals surface area contributed by atoms with Crippen LogP contribution in [0.5, 0.6) is 5.88 Å². The Kier molecular flexibility index (Phi) is 7.50. The zero-order chi connectivity index (χ0) is 22.4. The Bertz CT molecular complexity index is 1100. The van der Waals surface area contributed by atoms with Crippen LogP contribution in [0, 0.1) is 6.92 Å². The van der Waals surface area contributed by atoms with Gasteiger partial charge in [0.2, 0.25) is 5.88 Å². The van der Waals surface area contributed by atoms with Gasteiger partial charge in [0.1, 0.15) is 0 Å². The summed E-state index contributed by atoms with van der Waals surface area (Å²) in [5.41, 5.74) is 3.93. The third-order valence-electron chi connectivity index (χ3n) is 5.48. The van der Waals surface area contributed by atoms with Crippen molar-refractivity contribution < 1.29 is 9.84 Å². The number of anilines is 1. The molecule has 0 saturated carbocycles. The standard InChI is InChI=1S/C24H33N5O2/c1-6-8-12-28(13-9-7-2)20-11-10-19(17(3)14-20)16-21-23-26-25-22(15-18(4)31-5)29(23)27-24(21)30/h10-11,14-16H,6-9,12-13H2,1-5H3,(H,27,30)/b18-15-,21-16+. The van der Waals surface area contributed by atoms with Gasteiger partial charge < -0.3 is 14.7 Å². The Hall–Kier alpha value is -3.09. The number of methoxy groups -OCH3 is 1. The van der Waals surface area contributed by atoms with Crippen LogP contribution in [0.2, 0.25) is 0 Å². The number of benzene rings is 1. The second-order valence-corrected chi connectivity index (χ2v) is 7.87. The number of unbranched alkanes of at least 4 members (excludes halogenated alkanes) is 2. The maximum absolute atomic E-state index is 10.4. The Morgan fingerprint density at radius 1 is 1.16 bits per heavy atom. The van der Waals surface area contributed by atoms with Gasteiger partial charge in [-0.2, -0.15) is 4.52 Å². The van der Waals surface area contributed by atoms with Crippen molar-refractivity contribution in [3.63, 3.8) is 0 Å². The Balaban J connectivity index is 1.97. The van der Waals surface area contributed by atoms with E-state index in [0.717, 1.165) is 24.2 Å². The van der Waals surface area contributed by atoms with Crippen molar-refractivity contribution in [3.8, 4) is 5.88 Å². The van der Waals surface area contributed by atoms with Crippen molar-refractivity contribution in [2.45, 2.75) is 53.4 Å². The average molecular weight is 424 g/mol.